The number of nitrogens with one attached hydrogen (secondary N) is 2. The van der Waals surface area contributed by atoms with Crippen LogP contribution in [-0.2, 0) is 16.4 Å². The molecular weight excluding hydrogens is 288 g/mol. The highest BCUT2D eigenvalue weighted by Crippen LogP contribution is 2.24. The minimum absolute atomic E-state index is 0.232. The van der Waals surface area contributed by atoms with Gasteiger partial charge in [0.1, 0.15) is 5.82 Å². The Hall–Kier alpha value is -0.920. The minimum atomic E-state index is -3.42. The van der Waals surface area contributed by atoms with E-state index in [0.29, 0.717) is 31.5 Å². The van der Waals surface area contributed by atoms with Crippen molar-refractivity contribution in [2.45, 2.75) is 50.1 Å². The molecular formula is C14H24N4O2S. The molecule has 2 N–H and O–H groups in total. The fourth-order valence-electron chi connectivity index (χ4n) is 2.83. The third kappa shape index (κ3) is 3.46. The smallest absolute Gasteiger partial charge is 0.260 e. The summed E-state index contributed by atoms with van der Waals surface area (Å²) in [7, 11) is -3.42. The number of sulfonamides is 1. The molecule has 0 spiro atoms. The van der Waals surface area contributed by atoms with Crippen molar-refractivity contribution in [2.75, 3.05) is 19.6 Å². The van der Waals surface area contributed by atoms with Crippen LogP contribution in [0.4, 0.5) is 0 Å². The number of hydrogen-bond acceptors (Lipinski definition) is 4. The van der Waals surface area contributed by atoms with E-state index in [0.717, 1.165) is 25.2 Å². The number of imidazole rings is 1. The van der Waals surface area contributed by atoms with E-state index in [1.54, 1.807) is 4.31 Å². The second-order valence-electron chi connectivity index (χ2n) is 6.10. The molecule has 2 heterocycles. The van der Waals surface area contributed by atoms with Crippen LogP contribution in [-0.4, -0.2) is 48.4 Å². The summed E-state index contributed by atoms with van der Waals surface area (Å²) in [5.74, 6) is 1.14. The second kappa shape index (κ2) is 6.06. The van der Waals surface area contributed by atoms with Crippen LogP contribution in [0.3, 0.4) is 0 Å². The van der Waals surface area contributed by atoms with E-state index < -0.39 is 10.0 Å². The van der Waals surface area contributed by atoms with E-state index in [-0.39, 0.29) is 5.03 Å². The van der Waals surface area contributed by atoms with E-state index in [1.807, 2.05) is 6.92 Å². The number of rotatable bonds is 6. The molecule has 1 aromatic rings. The average molecular weight is 312 g/mol. The molecule has 2 fully saturated rings. The van der Waals surface area contributed by atoms with Crippen molar-refractivity contribution in [3.8, 4) is 0 Å². The zero-order valence-electron chi connectivity index (χ0n) is 12.5. The third-order valence-corrected chi connectivity index (χ3v) is 6.09. The van der Waals surface area contributed by atoms with Gasteiger partial charge in [-0.05, 0) is 38.1 Å². The number of aromatic amines is 1. The van der Waals surface area contributed by atoms with Crippen LogP contribution in [0.25, 0.3) is 0 Å². The van der Waals surface area contributed by atoms with Crippen LogP contribution < -0.4 is 5.32 Å². The summed E-state index contributed by atoms with van der Waals surface area (Å²) in [5, 5.41) is 3.74. The summed E-state index contributed by atoms with van der Waals surface area (Å²) in [4.78, 5) is 7.03. The third-order valence-electron chi connectivity index (χ3n) is 4.31. The molecule has 1 unspecified atom stereocenters. The lowest BCUT2D eigenvalue weighted by molar-refractivity contribution is 0.259. The van der Waals surface area contributed by atoms with Gasteiger partial charge in [0, 0.05) is 25.6 Å². The second-order valence-corrected chi connectivity index (χ2v) is 8.01. The quantitative estimate of drug-likeness (QED) is 0.825. The molecule has 3 rings (SSSR count). The van der Waals surface area contributed by atoms with Crippen molar-refractivity contribution in [1.82, 2.24) is 19.6 Å². The molecule has 6 nitrogen and oxygen atoms in total. The maximum atomic E-state index is 12.6. The summed E-state index contributed by atoms with van der Waals surface area (Å²) in [6.45, 7) is 4.11. The summed E-state index contributed by atoms with van der Waals surface area (Å²) >= 11 is 0. The lowest BCUT2D eigenvalue weighted by atomic mass is 10.00. The van der Waals surface area contributed by atoms with Gasteiger partial charge in [-0.25, -0.2) is 13.4 Å². The normalized spacial score (nSPS) is 24.3. The number of nitrogens with zero attached hydrogens (tertiary/aromatic N) is 2. The zero-order chi connectivity index (χ0) is 14.9. The first-order valence-electron chi connectivity index (χ1n) is 7.87. The first-order valence-corrected chi connectivity index (χ1v) is 9.31. The Balaban J connectivity index is 1.65. The first kappa shape index (κ1) is 15.0. The van der Waals surface area contributed by atoms with E-state index in [2.05, 4.69) is 15.3 Å². The number of H-pyrrole nitrogens is 1. The van der Waals surface area contributed by atoms with E-state index in [4.69, 9.17) is 0 Å². The van der Waals surface area contributed by atoms with Gasteiger partial charge < -0.3 is 10.3 Å². The van der Waals surface area contributed by atoms with Gasteiger partial charge in [0.05, 0.1) is 6.20 Å². The number of aryl methyl sites for hydroxylation is 1. The Labute approximate surface area is 126 Å². The van der Waals surface area contributed by atoms with Crippen molar-refractivity contribution in [3.05, 3.63) is 12.0 Å². The van der Waals surface area contributed by atoms with Gasteiger partial charge in [0.25, 0.3) is 10.0 Å². The Kier molecular flexibility index (Phi) is 4.33. The van der Waals surface area contributed by atoms with Gasteiger partial charge in [-0.15, -0.1) is 0 Å². The maximum Gasteiger partial charge on any atom is 0.260 e. The maximum absolute atomic E-state index is 12.6. The lowest BCUT2D eigenvalue weighted by Gasteiger charge is -2.31. The van der Waals surface area contributed by atoms with E-state index >= 15 is 0 Å². The summed E-state index contributed by atoms with van der Waals surface area (Å²) in [5.41, 5.74) is 0. The standard InChI is InChI=1S/C14H24N4O2S/c1-2-13-16-9-14(17-13)21(19,20)18-7-3-4-11(10-18)8-15-12-5-6-12/h9,11-12,15H,2-8,10H2,1H3,(H,16,17). The molecule has 1 atom stereocenters. The molecule has 0 bridgehead atoms. The number of piperidine rings is 1. The van der Waals surface area contributed by atoms with Gasteiger partial charge in [-0.3, -0.25) is 0 Å². The molecule has 7 heteroatoms. The summed E-state index contributed by atoms with van der Waals surface area (Å²) < 4.78 is 26.9. The average Bonchev–Trinajstić information content (AvgIpc) is 3.19. The number of hydrogen-bond donors (Lipinski definition) is 2. The molecule has 2 aliphatic rings. The summed E-state index contributed by atoms with van der Waals surface area (Å²) in [6, 6.07) is 0.678. The largest absolute Gasteiger partial charge is 0.332 e. The van der Waals surface area contributed by atoms with Gasteiger partial charge in [-0.1, -0.05) is 6.92 Å². The molecule has 1 aromatic heterocycles. The highest BCUT2D eigenvalue weighted by Gasteiger charge is 2.32. The fourth-order valence-corrected chi connectivity index (χ4v) is 4.31. The van der Waals surface area contributed by atoms with Crippen molar-refractivity contribution >= 4 is 10.0 Å². The van der Waals surface area contributed by atoms with Crippen molar-refractivity contribution < 1.29 is 8.42 Å². The molecule has 1 aliphatic heterocycles. The van der Waals surface area contributed by atoms with Crippen LogP contribution in [0, 0.1) is 5.92 Å². The van der Waals surface area contributed by atoms with Crippen LogP contribution >= 0.6 is 0 Å². The first-order chi connectivity index (χ1) is 10.1. The Morgan fingerprint density at radius 2 is 2.24 bits per heavy atom. The SMILES string of the molecule is CCc1ncc(S(=O)(=O)N2CCCC(CNC3CC3)C2)[nH]1. The van der Waals surface area contributed by atoms with Crippen LogP contribution in [0.1, 0.15) is 38.4 Å². The Morgan fingerprint density at radius 1 is 1.43 bits per heavy atom. The van der Waals surface area contributed by atoms with Crippen LogP contribution in [0.2, 0.25) is 0 Å². The monoisotopic (exact) mass is 312 g/mol. The highest BCUT2D eigenvalue weighted by atomic mass is 32.2. The van der Waals surface area contributed by atoms with E-state index in [9.17, 15) is 8.42 Å². The molecule has 1 saturated carbocycles. The predicted molar refractivity (Wildman–Crippen MR) is 80.5 cm³/mol. The van der Waals surface area contributed by atoms with Gasteiger partial charge in [0.15, 0.2) is 5.03 Å². The fraction of sp³-hybridized carbons (Fsp3) is 0.786. The molecule has 0 amide bonds. The minimum Gasteiger partial charge on any atom is -0.332 e. The Bertz CT molecular complexity index is 580. The van der Waals surface area contributed by atoms with Crippen molar-refractivity contribution in [3.63, 3.8) is 0 Å². The van der Waals surface area contributed by atoms with Gasteiger partial charge in [0.2, 0.25) is 0 Å². The lowest BCUT2D eigenvalue weighted by Crippen LogP contribution is -2.43. The molecule has 0 radical (unpaired) electrons. The topological polar surface area (TPSA) is 78.1 Å². The summed E-state index contributed by atoms with van der Waals surface area (Å²) in [6.07, 6.45) is 6.73. The highest BCUT2D eigenvalue weighted by molar-refractivity contribution is 7.89. The van der Waals surface area contributed by atoms with Crippen molar-refractivity contribution in [1.29, 1.82) is 0 Å². The number of aromatic nitrogens is 2. The molecule has 118 valence electrons. The molecule has 1 aliphatic carbocycles. The molecule has 1 saturated heterocycles. The van der Waals surface area contributed by atoms with E-state index in [1.165, 1.54) is 19.0 Å². The van der Waals surface area contributed by atoms with Gasteiger partial charge in [-0.2, -0.15) is 4.31 Å². The zero-order valence-corrected chi connectivity index (χ0v) is 13.3. The Morgan fingerprint density at radius 3 is 2.90 bits per heavy atom. The van der Waals surface area contributed by atoms with Crippen LogP contribution in [0.15, 0.2) is 11.2 Å². The molecule has 0 aromatic carbocycles. The van der Waals surface area contributed by atoms with Gasteiger partial charge >= 0.3 is 0 Å². The predicted octanol–water partition coefficient (Wildman–Crippen LogP) is 1.12. The molecule has 21 heavy (non-hydrogen) atoms. The van der Waals surface area contributed by atoms with Crippen LogP contribution in [0.5, 0.6) is 0 Å². The van der Waals surface area contributed by atoms with Crippen molar-refractivity contribution in [2.24, 2.45) is 5.92 Å².